The zero-order valence-electron chi connectivity index (χ0n) is 14.1. The predicted molar refractivity (Wildman–Crippen MR) is 93.3 cm³/mol. The van der Waals surface area contributed by atoms with Crippen molar-refractivity contribution >= 4 is 29.2 Å². The number of benzene rings is 2. The van der Waals surface area contributed by atoms with Gasteiger partial charge in [-0.25, -0.2) is 9.18 Å². The molecule has 0 saturated carbocycles. The minimum Gasteiger partial charge on any atom is -0.465 e. The van der Waals surface area contributed by atoms with E-state index >= 15 is 0 Å². The van der Waals surface area contributed by atoms with Crippen LogP contribution in [-0.2, 0) is 14.3 Å². The number of amides is 2. The molecule has 1 atom stereocenters. The van der Waals surface area contributed by atoms with Gasteiger partial charge in [0.25, 0.3) is 0 Å². The van der Waals surface area contributed by atoms with Gasteiger partial charge in [-0.2, -0.15) is 0 Å². The van der Waals surface area contributed by atoms with Crippen LogP contribution >= 0.6 is 0 Å². The van der Waals surface area contributed by atoms with E-state index in [1.54, 1.807) is 24.3 Å². The van der Waals surface area contributed by atoms with Crippen molar-refractivity contribution in [1.82, 2.24) is 0 Å². The molecule has 1 saturated heterocycles. The van der Waals surface area contributed by atoms with Gasteiger partial charge in [-0.3, -0.25) is 9.59 Å². The van der Waals surface area contributed by atoms with Gasteiger partial charge in [0.15, 0.2) is 0 Å². The molecule has 1 fully saturated rings. The second-order valence-electron chi connectivity index (χ2n) is 5.91. The van der Waals surface area contributed by atoms with Crippen LogP contribution in [0.2, 0.25) is 0 Å². The van der Waals surface area contributed by atoms with Gasteiger partial charge >= 0.3 is 5.97 Å². The summed E-state index contributed by atoms with van der Waals surface area (Å²) in [5.41, 5.74) is 1.14. The quantitative estimate of drug-likeness (QED) is 0.855. The highest BCUT2D eigenvalue weighted by atomic mass is 19.1. The Hall–Kier alpha value is -3.22. The fraction of sp³-hybridized carbons (Fsp3) is 0.211. The van der Waals surface area contributed by atoms with Crippen molar-refractivity contribution in [2.45, 2.75) is 6.42 Å². The number of hydrogen-bond donors (Lipinski definition) is 1. The highest BCUT2D eigenvalue weighted by Crippen LogP contribution is 2.29. The van der Waals surface area contributed by atoms with Crippen molar-refractivity contribution in [3.05, 3.63) is 59.9 Å². The van der Waals surface area contributed by atoms with E-state index in [4.69, 9.17) is 4.74 Å². The predicted octanol–water partition coefficient (Wildman–Crippen LogP) is 2.60. The Kier molecular flexibility index (Phi) is 4.97. The van der Waals surface area contributed by atoms with Gasteiger partial charge in [0, 0.05) is 18.7 Å². The molecule has 0 aromatic heterocycles. The first-order valence-electron chi connectivity index (χ1n) is 8.03. The van der Waals surface area contributed by atoms with Crippen LogP contribution in [0.4, 0.5) is 15.8 Å². The lowest BCUT2D eigenvalue weighted by Crippen LogP contribution is -2.29. The van der Waals surface area contributed by atoms with Crippen molar-refractivity contribution in [2.24, 2.45) is 5.92 Å². The van der Waals surface area contributed by atoms with Crippen molar-refractivity contribution < 1.29 is 23.5 Å². The first kappa shape index (κ1) is 17.6. The molecule has 0 bridgehead atoms. The highest BCUT2D eigenvalue weighted by Gasteiger charge is 2.36. The molecule has 6 nitrogen and oxygen atoms in total. The summed E-state index contributed by atoms with van der Waals surface area (Å²) < 4.78 is 17.7. The number of nitrogens with one attached hydrogen (secondary N) is 1. The van der Waals surface area contributed by atoms with Crippen LogP contribution in [0.25, 0.3) is 0 Å². The number of carbonyl (C=O) groups excluding carboxylic acids is 3. The molecular formula is C19H17FN2O4. The Morgan fingerprint density at radius 2 is 1.85 bits per heavy atom. The fourth-order valence-corrected chi connectivity index (χ4v) is 2.89. The van der Waals surface area contributed by atoms with Gasteiger partial charge in [-0.05, 0) is 36.4 Å². The standard InChI is InChI=1S/C19H17FN2O4/c1-26-19(25)15-4-2-3-5-16(15)22-11-12(10-17(22)23)18(24)21-14-8-6-13(20)7-9-14/h2-9,12H,10-11H2,1H3,(H,21,24). The number of methoxy groups -OCH3 is 1. The number of rotatable bonds is 4. The van der Waals surface area contributed by atoms with Gasteiger partial charge in [-0.1, -0.05) is 12.1 Å². The van der Waals surface area contributed by atoms with Gasteiger partial charge in [0.05, 0.1) is 24.3 Å². The largest absolute Gasteiger partial charge is 0.465 e. The molecule has 0 aliphatic carbocycles. The normalized spacial score (nSPS) is 16.5. The van der Waals surface area contributed by atoms with E-state index in [1.165, 1.54) is 36.3 Å². The zero-order chi connectivity index (χ0) is 18.7. The molecule has 1 N–H and O–H groups in total. The smallest absolute Gasteiger partial charge is 0.339 e. The average Bonchev–Trinajstić information content (AvgIpc) is 3.04. The van der Waals surface area contributed by atoms with Crippen molar-refractivity contribution in [2.75, 3.05) is 23.9 Å². The fourth-order valence-electron chi connectivity index (χ4n) is 2.89. The van der Waals surface area contributed by atoms with Crippen LogP contribution in [0.3, 0.4) is 0 Å². The molecular weight excluding hydrogens is 339 g/mol. The maximum atomic E-state index is 12.9. The van der Waals surface area contributed by atoms with Crippen LogP contribution in [0.5, 0.6) is 0 Å². The van der Waals surface area contributed by atoms with Gasteiger partial charge in [0.1, 0.15) is 5.82 Å². The molecule has 3 rings (SSSR count). The summed E-state index contributed by atoms with van der Waals surface area (Å²) in [4.78, 5) is 38.1. The summed E-state index contributed by atoms with van der Waals surface area (Å²) in [7, 11) is 1.27. The Morgan fingerprint density at radius 3 is 2.54 bits per heavy atom. The molecule has 0 radical (unpaired) electrons. The second-order valence-corrected chi connectivity index (χ2v) is 5.91. The molecule has 1 aliphatic rings. The maximum Gasteiger partial charge on any atom is 0.339 e. The topological polar surface area (TPSA) is 75.7 Å². The van der Waals surface area contributed by atoms with E-state index in [1.807, 2.05) is 0 Å². The minimum atomic E-state index is -0.571. The molecule has 7 heteroatoms. The van der Waals surface area contributed by atoms with E-state index in [-0.39, 0.29) is 30.3 Å². The molecule has 2 amide bonds. The van der Waals surface area contributed by atoms with Crippen LogP contribution in [0.1, 0.15) is 16.8 Å². The first-order chi connectivity index (χ1) is 12.5. The van der Waals surface area contributed by atoms with Gasteiger partial charge < -0.3 is 15.0 Å². The lowest BCUT2D eigenvalue weighted by Gasteiger charge is -2.19. The van der Waals surface area contributed by atoms with Gasteiger partial charge in [-0.15, -0.1) is 0 Å². The summed E-state index contributed by atoms with van der Waals surface area (Å²) in [6, 6.07) is 12.0. The number of halogens is 1. The zero-order valence-corrected chi connectivity index (χ0v) is 14.1. The summed E-state index contributed by atoms with van der Waals surface area (Å²) in [5, 5.41) is 2.68. The number of hydrogen-bond acceptors (Lipinski definition) is 4. The van der Waals surface area contributed by atoms with Gasteiger partial charge in [0.2, 0.25) is 11.8 Å². The molecule has 26 heavy (non-hydrogen) atoms. The monoisotopic (exact) mass is 356 g/mol. The minimum absolute atomic E-state index is 0.0303. The van der Waals surface area contributed by atoms with E-state index in [2.05, 4.69) is 5.32 Å². The Balaban J connectivity index is 1.76. The van der Waals surface area contributed by atoms with Crippen LogP contribution < -0.4 is 10.2 Å². The summed E-state index contributed by atoms with van der Waals surface area (Å²) in [6.07, 6.45) is 0.0303. The number of esters is 1. The van der Waals surface area contributed by atoms with Crippen LogP contribution in [0, 0.1) is 11.7 Å². The molecule has 0 spiro atoms. The van der Waals surface area contributed by atoms with Crippen molar-refractivity contribution in [3.8, 4) is 0 Å². The number of ether oxygens (including phenoxy) is 1. The molecule has 1 unspecified atom stereocenters. The van der Waals surface area contributed by atoms with E-state index < -0.39 is 17.7 Å². The Labute approximate surface area is 149 Å². The molecule has 1 aliphatic heterocycles. The Morgan fingerprint density at radius 1 is 1.15 bits per heavy atom. The summed E-state index contributed by atoms with van der Waals surface area (Å²) in [5.74, 6) is -2.10. The molecule has 134 valence electrons. The van der Waals surface area contributed by atoms with E-state index in [0.29, 0.717) is 11.4 Å². The van der Waals surface area contributed by atoms with Crippen LogP contribution in [-0.4, -0.2) is 31.4 Å². The molecule has 2 aromatic rings. The van der Waals surface area contributed by atoms with Crippen molar-refractivity contribution in [3.63, 3.8) is 0 Å². The molecule has 1 heterocycles. The first-order valence-corrected chi connectivity index (χ1v) is 8.03. The number of para-hydroxylation sites is 1. The summed E-state index contributed by atoms with van der Waals surface area (Å²) in [6.45, 7) is 0.153. The highest BCUT2D eigenvalue weighted by molar-refractivity contribution is 6.07. The SMILES string of the molecule is COC(=O)c1ccccc1N1CC(C(=O)Nc2ccc(F)cc2)CC1=O. The van der Waals surface area contributed by atoms with E-state index in [9.17, 15) is 18.8 Å². The number of anilines is 2. The second kappa shape index (κ2) is 7.35. The summed E-state index contributed by atoms with van der Waals surface area (Å²) >= 11 is 0. The van der Waals surface area contributed by atoms with E-state index in [0.717, 1.165) is 0 Å². The third-order valence-corrected chi connectivity index (χ3v) is 4.21. The maximum absolute atomic E-state index is 12.9. The lowest BCUT2D eigenvalue weighted by atomic mass is 10.1. The number of nitrogens with zero attached hydrogens (tertiary/aromatic N) is 1. The molecule has 2 aromatic carbocycles. The van der Waals surface area contributed by atoms with Crippen LogP contribution in [0.15, 0.2) is 48.5 Å². The lowest BCUT2D eigenvalue weighted by molar-refractivity contribution is -0.122. The van der Waals surface area contributed by atoms with Crippen molar-refractivity contribution in [1.29, 1.82) is 0 Å². The number of carbonyl (C=O) groups is 3. The average molecular weight is 356 g/mol. The third-order valence-electron chi connectivity index (χ3n) is 4.21. The Bertz CT molecular complexity index is 851. The third kappa shape index (κ3) is 3.56.